The van der Waals surface area contributed by atoms with Gasteiger partial charge in [0.05, 0.1) is 19.3 Å². The topological polar surface area (TPSA) is 105 Å². The van der Waals surface area contributed by atoms with E-state index in [1.807, 2.05) is 0 Å². The summed E-state index contributed by atoms with van der Waals surface area (Å²) in [5, 5.41) is 21.4. The molecule has 2 atom stereocenters. The van der Waals surface area contributed by atoms with Crippen LogP contribution in [-0.2, 0) is 14.3 Å². The first-order chi connectivity index (χ1) is 8.15. The Morgan fingerprint density at radius 1 is 1.44 bits per heavy atom. The van der Waals surface area contributed by atoms with Gasteiger partial charge in [0.15, 0.2) is 5.60 Å². The van der Waals surface area contributed by atoms with Crippen LogP contribution in [-0.4, -0.2) is 52.7 Å². The molecule has 1 aliphatic heterocycles. The van der Waals surface area contributed by atoms with E-state index >= 15 is 0 Å². The van der Waals surface area contributed by atoms with Gasteiger partial charge in [-0.05, 0) is 20.8 Å². The number of amides is 1. The van der Waals surface area contributed by atoms with Gasteiger partial charge in [-0.25, -0.2) is 9.59 Å². The summed E-state index contributed by atoms with van der Waals surface area (Å²) < 4.78 is 10.1. The Morgan fingerprint density at radius 2 is 2.06 bits per heavy atom. The first kappa shape index (κ1) is 14.7. The lowest BCUT2D eigenvalue weighted by Crippen LogP contribution is -2.62. The average molecular weight is 261 g/mol. The highest BCUT2D eigenvalue weighted by atomic mass is 16.6. The molecule has 0 spiro atoms. The molecule has 7 nitrogen and oxygen atoms in total. The summed E-state index contributed by atoms with van der Waals surface area (Å²) in [6.45, 7) is 5.13. The Bertz CT molecular complexity index is 337. The van der Waals surface area contributed by atoms with E-state index in [0.717, 1.165) is 0 Å². The smallest absolute Gasteiger partial charge is 0.408 e. The standard InChI is InChI=1S/C11H19NO6/c1-10(2,3)18-9(15)12-7-6-17-5-4-11(7,16)8(13)14/h7,16H,4-6H2,1-3H3,(H,12,15)(H,13,14). The lowest BCUT2D eigenvalue weighted by atomic mass is 9.89. The van der Waals surface area contributed by atoms with E-state index in [0.29, 0.717) is 0 Å². The van der Waals surface area contributed by atoms with E-state index < -0.39 is 29.3 Å². The molecule has 0 bridgehead atoms. The Hall–Kier alpha value is -1.34. The van der Waals surface area contributed by atoms with Crippen LogP contribution in [0.3, 0.4) is 0 Å². The predicted molar refractivity (Wildman–Crippen MR) is 61.2 cm³/mol. The molecular weight excluding hydrogens is 242 g/mol. The van der Waals surface area contributed by atoms with Crippen molar-refractivity contribution in [2.24, 2.45) is 0 Å². The largest absolute Gasteiger partial charge is 0.479 e. The Kier molecular flexibility index (Phi) is 4.18. The molecule has 1 aliphatic rings. The summed E-state index contributed by atoms with van der Waals surface area (Å²) in [4.78, 5) is 22.6. The molecule has 1 rings (SSSR count). The second-order valence-electron chi connectivity index (χ2n) is 5.25. The summed E-state index contributed by atoms with van der Waals surface area (Å²) in [6, 6.07) is -1.03. The molecule has 1 amide bonds. The molecule has 0 radical (unpaired) electrons. The molecule has 1 saturated heterocycles. The minimum atomic E-state index is -2.02. The number of carboxylic acids is 1. The van der Waals surface area contributed by atoms with Crippen molar-refractivity contribution in [3.63, 3.8) is 0 Å². The molecule has 3 N–H and O–H groups in total. The fraction of sp³-hybridized carbons (Fsp3) is 0.818. The van der Waals surface area contributed by atoms with Crippen LogP contribution in [0.2, 0.25) is 0 Å². The van der Waals surface area contributed by atoms with E-state index in [1.165, 1.54) is 0 Å². The lowest BCUT2D eigenvalue weighted by molar-refractivity contribution is -0.172. The molecule has 0 aliphatic carbocycles. The SMILES string of the molecule is CC(C)(C)OC(=O)NC1COCCC1(O)C(=O)O. The van der Waals surface area contributed by atoms with Crippen molar-refractivity contribution in [1.29, 1.82) is 0 Å². The molecule has 2 unspecified atom stereocenters. The van der Waals surface area contributed by atoms with Crippen LogP contribution in [0, 0.1) is 0 Å². The van der Waals surface area contributed by atoms with Gasteiger partial charge in [-0.15, -0.1) is 0 Å². The number of hydrogen-bond acceptors (Lipinski definition) is 5. The number of carbonyl (C=O) groups excluding carboxylic acids is 1. The fourth-order valence-corrected chi connectivity index (χ4v) is 1.61. The molecule has 0 aromatic rings. The second-order valence-corrected chi connectivity index (χ2v) is 5.25. The van der Waals surface area contributed by atoms with E-state index in [2.05, 4.69) is 5.32 Å². The molecule has 104 valence electrons. The third kappa shape index (κ3) is 3.58. The van der Waals surface area contributed by atoms with Crippen molar-refractivity contribution in [2.75, 3.05) is 13.2 Å². The van der Waals surface area contributed by atoms with Crippen LogP contribution in [0.5, 0.6) is 0 Å². The first-order valence-corrected chi connectivity index (χ1v) is 5.68. The number of carboxylic acid groups (broad SMARTS) is 1. The first-order valence-electron chi connectivity index (χ1n) is 5.68. The van der Waals surface area contributed by atoms with Gasteiger partial charge in [-0.3, -0.25) is 0 Å². The van der Waals surface area contributed by atoms with Gasteiger partial charge in [-0.1, -0.05) is 0 Å². The monoisotopic (exact) mass is 261 g/mol. The maximum absolute atomic E-state index is 11.5. The maximum atomic E-state index is 11.5. The van der Waals surface area contributed by atoms with Crippen LogP contribution in [0.4, 0.5) is 4.79 Å². The van der Waals surface area contributed by atoms with Gasteiger partial charge in [0.1, 0.15) is 5.60 Å². The number of aliphatic hydroxyl groups is 1. The van der Waals surface area contributed by atoms with Crippen LogP contribution >= 0.6 is 0 Å². The Labute approximate surface area is 105 Å². The highest BCUT2D eigenvalue weighted by molar-refractivity contribution is 5.80. The number of rotatable bonds is 2. The third-order valence-corrected chi connectivity index (χ3v) is 2.55. The lowest BCUT2D eigenvalue weighted by Gasteiger charge is -2.36. The highest BCUT2D eigenvalue weighted by Crippen LogP contribution is 2.22. The molecular formula is C11H19NO6. The summed E-state index contributed by atoms with van der Waals surface area (Å²) in [5.41, 5.74) is -2.71. The van der Waals surface area contributed by atoms with Crippen molar-refractivity contribution in [2.45, 2.75) is 44.4 Å². The van der Waals surface area contributed by atoms with Gasteiger partial charge in [-0.2, -0.15) is 0 Å². The second kappa shape index (κ2) is 5.11. The summed E-state index contributed by atoms with van der Waals surface area (Å²) >= 11 is 0. The van der Waals surface area contributed by atoms with Crippen LogP contribution in [0.25, 0.3) is 0 Å². The van der Waals surface area contributed by atoms with E-state index in [9.17, 15) is 14.7 Å². The quantitative estimate of drug-likeness (QED) is 0.652. The number of carbonyl (C=O) groups is 2. The third-order valence-electron chi connectivity index (χ3n) is 2.55. The Morgan fingerprint density at radius 3 is 2.56 bits per heavy atom. The fourth-order valence-electron chi connectivity index (χ4n) is 1.61. The molecule has 7 heteroatoms. The van der Waals surface area contributed by atoms with E-state index in [4.69, 9.17) is 14.6 Å². The molecule has 1 fully saturated rings. The minimum absolute atomic E-state index is 0.0674. The predicted octanol–water partition coefficient (Wildman–Crippen LogP) is 0.116. The molecule has 0 aromatic heterocycles. The Balaban J connectivity index is 2.69. The van der Waals surface area contributed by atoms with Crippen LogP contribution < -0.4 is 5.32 Å². The normalized spacial score (nSPS) is 28.6. The van der Waals surface area contributed by atoms with Crippen molar-refractivity contribution < 1.29 is 29.3 Å². The van der Waals surface area contributed by atoms with Gasteiger partial charge in [0.2, 0.25) is 0 Å². The maximum Gasteiger partial charge on any atom is 0.408 e. The number of alkyl carbamates (subject to hydrolysis) is 1. The number of aliphatic carboxylic acids is 1. The van der Waals surface area contributed by atoms with E-state index in [-0.39, 0.29) is 19.6 Å². The number of nitrogens with one attached hydrogen (secondary N) is 1. The van der Waals surface area contributed by atoms with Crippen LogP contribution in [0.15, 0.2) is 0 Å². The summed E-state index contributed by atoms with van der Waals surface area (Å²) in [5.74, 6) is -1.38. The number of ether oxygens (including phenoxy) is 2. The molecule has 1 heterocycles. The zero-order chi connectivity index (χ0) is 14.0. The van der Waals surface area contributed by atoms with Crippen molar-refractivity contribution in [1.82, 2.24) is 5.32 Å². The van der Waals surface area contributed by atoms with Crippen molar-refractivity contribution in [3.05, 3.63) is 0 Å². The van der Waals surface area contributed by atoms with Crippen molar-refractivity contribution >= 4 is 12.1 Å². The van der Waals surface area contributed by atoms with Gasteiger partial charge >= 0.3 is 12.1 Å². The molecule has 0 aromatic carbocycles. The average Bonchev–Trinajstić information content (AvgIpc) is 2.18. The van der Waals surface area contributed by atoms with Gasteiger partial charge in [0.25, 0.3) is 0 Å². The molecule has 18 heavy (non-hydrogen) atoms. The zero-order valence-electron chi connectivity index (χ0n) is 10.7. The number of hydrogen-bond donors (Lipinski definition) is 3. The van der Waals surface area contributed by atoms with Gasteiger partial charge < -0.3 is 25.0 Å². The van der Waals surface area contributed by atoms with E-state index in [1.54, 1.807) is 20.8 Å². The summed E-state index contributed by atoms with van der Waals surface area (Å²) in [7, 11) is 0. The van der Waals surface area contributed by atoms with Crippen molar-refractivity contribution in [3.8, 4) is 0 Å². The minimum Gasteiger partial charge on any atom is -0.479 e. The van der Waals surface area contributed by atoms with Gasteiger partial charge in [0, 0.05) is 6.42 Å². The molecule has 0 saturated carbocycles. The summed E-state index contributed by atoms with van der Waals surface area (Å²) in [6.07, 6.45) is -0.860. The van der Waals surface area contributed by atoms with Crippen LogP contribution in [0.1, 0.15) is 27.2 Å². The zero-order valence-corrected chi connectivity index (χ0v) is 10.7. The highest BCUT2D eigenvalue weighted by Gasteiger charge is 2.47.